The van der Waals surface area contributed by atoms with Gasteiger partial charge in [-0.15, -0.1) is 0 Å². The van der Waals surface area contributed by atoms with Gasteiger partial charge < -0.3 is 5.11 Å². The van der Waals surface area contributed by atoms with Gasteiger partial charge >= 0.3 is 5.69 Å². The van der Waals surface area contributed by atoms with E-state index in [2.05, 4.69) is 0 Å². The molecule has 0 aliphatic rings. The molecular formula is C9H16N2O2. The van der Waals surface area contributed by atoms with E-state index in [4.69, 9.17) is 5.11 Å². The molecular weight excluding hydrogens is 168 g/mol. The summed E-state index contributed by atoms with van der Waals surface area (Å²) in [5.74, 6) is 0. The van der Waals surface area contributed by atoms with Crippen LogP contribution in [-0.2, 0) is 13.1 Å². The zero-order valence-corrected chi connectivity index (χ0v) is 7.94. The van der Waals surface area contributed by atoms with Crippen LogP contribution in [0.25, 0.3) is 0 Å². The van der Waals surface area contributed by atoms with Crippen molar-refractivity contribution in [3.63, 3.8) is 0 Å². The monoisotopic (exact) mass is 184 g/mol. The smallest absolute Gasteiger partial charge is 0.328 e. The van der Waals surface area contributed by atoms with Gasteiger partial charge in [0.15, 0.2) is 0 Å². The molecule has 1 aromatic rings. The molecule has 0 unspecified atom stereocenters. The Hall–Kier alpha value is -1.03. The number of aliphatic hydroxyl groups excluding tert-OH is 1. The number of hydrogen-bond donors (Lipinski definition) is 1. The molecule has 0 aromatic carbocycles. The maximum absolute atomic E-state index is 11.5. The molecule has 0 spiro atoms. The van der Waals surface area contributed by atoms with Crippen LogP contribution in [-0.4, -0.2) is 20.8 Å². The Morgan fingerprint density at radius 3 is 2.54 bits per heavy atom. The third kappa shape index (κ3) is 2.45. The third-order valence-electron chi connectivity index (χ3n) is 2.07. The quantitative estimate of drug-likeness (QED) is 0.675. The number of rotatable bonds is 5. The van der Waals surface area contributed by atoms with E-state index in [9.17, 15) is 4.79 Å². The van der Waals surface area contributed by atoms with Crippen LogP contribution in [0.2, 0.25) is 0 Å². The predicted molar refractivity (Wildman–Crippen MR) is 50.7 cm³/mol. The first-order valence-electron chi connectivity index (χ1n) is 4.66. The third-order valence-corrected chi connectivity index (χ3v) is 2.07. The molecule has 0 saturated carbocycles. The molecule has 0 bridgehead atoms. The first kappa shape index (κ1) is 10.1. The second-order valence-electron chi connectivity index (χ2n) is 2.99. The minimum atomic E-state index is 0.0421. The molecule has 1 N–H and O–H groups in total. The summed E-state index contributed by atoms with van der Waals surface area (Å²) in [5, 5.41) is 8.57. The Labute approximate surface area is 77.4 Å². The number of aryl methyl sites for hydroxylation is 2. The predicted octanol–water partition coefficient (Wildman–Crippen LogP) is 0.442. The van der Waals surface area contributed by atoms with Gasteiger partial charge in [0, 0.05) is 32.1 Å². The van der Waals surface area contributed by atoms with Gasteiger partial charge in [-0.25, -0.2) is 4.79 Å². The van der Waals surface area contributed by atoms with Crippen LogP contribution in [0.3, 0.4) is 0 Å². The fraction of sp³-hybridized carbons (Fsp3) is 0.667. The highest BCUT2D eigenvalue weighted by molar-refractivity contribution is 4.80. The fourth-order valence-corrected chi connectivity index (χ4v) is 1.26. The van der Waals surface area contributed by atoms with Gasteiger partial charge in [0.1, 0.15) is 0 Å². The van der Waals surface area contributed by atoms with Gasteiger partial charge in [-0.1, -0.05) is 0 Å². The molecule has 0 saturated heterocycles. The first-order chi connectivity index (χ1) is 6.29. The molecule has 0 aliphatic carbocycles. The summed E-state index contributed by atoms with van der Waals surface area (Å²) in [6, 6.07) is 0. The lowest BCUT2D eigenvalue weighted by molar-refractivity contribution is 0.281. The molecule has 4 nitrogen and oxygen atoms in total. The lowest BCUT2D eigenvalue weighted by Gasteiger charge is -1.99. The highest BCUT2D eigenvalue weighted by atomic mass is 16.2. The highest BCUT2D eigenvalue weighted by Gasteiger charge is 1.99. The van der Waals surface area contributed by atoms with Crippen molar-refractivity contribution in [3.05, 3.63) is 22.9 Å². The van der Waals surface area contributed by atoms with Crippen LogP contribution in [0, 0.1) is 0 Å². The lowest BCUT2D eigenvalue weighted by Crippen LogP contribution is -2.23. The molecule has 13 heavy (non-hydrogen) atoms. The van der Waals surface area contributed by atoms with E-state index in [1.807, 2.05) is 6.92 Å². The Kier molecular flexibility index (Phi) is 3.76. The average Bonchev–Trinajstić information content (AvgIpc) is 2.48. The summed E-state index contributed by atoms with van der Waals surface area (Å²) in [4.78, 5) is 11.5. The van der Waals surface area contributed by atoms with Crippen LogP contribution in [0.4, 0.5) is 0 Å². The Morgan fingerprint density at radius 2 is 2.00 bits per heavy atom. The van der Waals surface area contributed by atoms with Crippen molar-refractivity contribution in [2.24, 2.45) is 0 Å². The van der Waals surface area contributed by atoms with E-state index in [-0.39, 0.29) is 12.3 Å². The zero-order valence-electron chi connectivity index (χ0n) is 7.94. The van der Waals surface area contributed by atoms with E-state index in [0.29, 0.717) is 13.1 Å². The summed E-state index contributed by atoms with van der Waals surface area (Å²) < 4.78 is 3.35. The second kappa shape index (κ2) is 4.87. The number of aliphatic hydroxyl groups is 1. The Balaban J connectivity index is 2.57. The SMILES string of the molecule is CCn1ccn(CCCCO)c1=O. The maximum atomic E-state index is 11.5. The van der Waals surface area contributed by atoms with E-state index in [1.165, 1.54) is 0 Å². The van der Waals surface area contributed by atoms with Crippen molar-refractivity contribution < 1.29 is 5.11 Å². The largest absolute Gasteiger partial charge is 0.396 e. The van der Waals surface area contributed by atoms with E-state index in [0.717, 1.165) is 12.8 Å². The molecule has 4 heteroatoms. The van der Waals surface area contributed by atoms with Gasteiger partial charge in [0.05, 0.1) is 0 Å². The topological polar surface area (TPSA) is 47.2 Å². The normalized spacial score (nSPS) is 10.6. The van der Waals surface area contributed by atoms with Gasteiger partial charge in [-0.2, -0.15) is 0 Å². The van der Waals surface area contributed by atoms with Crippen LogP contribution >= 0.6 is 0 Å². The summed E-state index contributed by atoms with van der Waals surface area (Å²) in [6.45, 7) is 3.56. The number of imidazole rings is 1. The highest BCUT2D eigenvalue weighted by Crippen LogP contribution is 1.92. The van der Waals surface area contributed by atoms with Crippen molar-refractivity contribution in [1.29, 1.82) is 0 Å². The van der Waals surface area contributed by atoms with Gasteiger partial charge in [-0.05, 0) is 19.8 Å². The first-order valence-corrected chi connectivity index (χ1v) is 4.66. The molecule has 1 aromatic heterocycles. The molecule has 0 atom stereocenters. The fourth-order valence-electron chi connectivity index (χ4n) is 1.26. The molecule has 0 aliphatic heterocycles. The van der Waals surface area contributed by atoms with E-state index in [1.54, 1.807) is 21.5 Å². The number of nitrogens with zero attached hydrogens (tertiary/aromatic N) is 2. The summed E-state index contributed by atoms with van der Waals surface area (Å²) in [6.07, 6.45) is 5.19. The molecule has 0 amide bonds. The van der Waals surface area contributed by atoms with E-state index >= 15 is 0 Å². The number of unbranched alkanes of at least 4 members (excludes halogenated alkanes) is 1. The zero-order chi connectivity index (χ0) is 9.68. The minimum Gasteiger partial charge on any atom is -0.396 e. The number of aromatic nitrogens is 2. The van der Waals surface area contributed by atoms with Gasteiger partial charge in [-0.3, -0.25) is 9.13 Å². The average molecular weight is 184 g/mol. The van der Waals surface area contributed by atoms with Gasteiger partial charge in [0.25, 0.3) is 0 Å². The molecule has 1 rings (SSSR count). The standard InChI is InChI=1S/C9H16N2O2/c1-2-10-6-7-11(9(10)13)5-3-4-8-12/h6-7,12H,2-5,8H2,1H3. The second-order valence-corrected chi connectivity index (χ2v) is 2.99. The van der Waals surface area contributed by atoms with Crippen molar-refractivity contribution in [2.75, 3.05) is 6.61 Å². The summed E-state index contributed by atoms with van der Waals surface area (Å²) in [5.41, 5.74) is 0.0421. The molecule has 0 fully saturated rings. The summed E-state index contributed by atoms with van der Waals surface area (Å²) >= 11 is 0. The van der Waals surface area contributed by atoms with Crippen molar-refractivity contribution in [2.45, 2.75) is 32.9 Å². The van der Waals surface area contributed by atoms with Gasteiger partial charge in [0.2, 0.25) is 0 Å². The number of hydrogen-bond acceptors (Lipinski definition) is 2. The van der Waals surface area contributed by atoms with Crippen molar-refractivity contribution in [1.82, 2.24) is 9.13 Å². The Bertz CT molecular complexity index is 301. The van der Waals surface area contributed by atoms with Crippen LogP contribution in [0.1, 0.15) is 19.8 Å². The molecule has 1 heterocycles. The summed E-state index contributed by atoms with van der Waals surface area (Å²) in [7, 11) is 0. The van der Waals surface area contributed by atoms with Crippen LogP contribution < -0.4 is 5.69 Å². The van der Waals surface area contributed by atoms with Crippen molar-refractivity contribution in [3.8, 4) is 0 Å². The van der Waals surface area contributed by atoms with Crippen LogP contribution in [0.5, 0.6) is 0 Å². The Morgan fingerprint density at radius 1 is 1.31 bits per heavy atom. The van der Waals surface area contributed by atoms with Crippen LogP contribution in [0.15, 0.2) is 17.2 Å². The van der Waals surface area contributed by atoms with Crippen molar-refractivity contribution >= 4 is 0 Å². The lowest BCUT2D eigenvalue weighted by atomic mass is 10.3. The minimum absolute atomic E-state index is 0.0421. The maximum Gasteiger partial charge on any atom is 0.328 e. The van der Waals surface area contributed by atoms with E-state index < -0.39 is 0 Å². The molecule has 0 radical (unpaired) electrons. The molecule has 74 valence electrons.